The maximum absolute atomic E-state index is 11.6. The highest BCUT2D eigenvalue weighted by Crippen LogP contribution is 2.21. The van der Waals surface area contributed by atoms with Crippen molar-refractivity contribution >= 4 is 11.9 Å². The van der Waals surface area contributed by atoms with Crippen LogP contribution in [-0.4, -0.2) is 48.9 Å². The molecular formula is C11H19NO5. The number of ether oxygens (including phenoxy) is 2. The van der Waals surface area contributed by atoms with Crippen LogP contribution in [0.5, 0.6) is 0 Å². The molecule has 6 heteroatoms. The van der Waals surface area contributed by atoms with E-state index in [2.05, 4.69) is 5.32 Å². The van der Waals surface area contributed by atoms with Crippen molar-refractivity contribution in [1.29, 1.82) is 0 Å². The monoisotopic (exact) mass is 245 g/mol. The highest BCUT2D eigenvalue weighted by Gasteiger charge is 2.41. The summed E-state index contributed by atoms with van der Waals surface area (Å²) in [6.45, 7) is 3.42. The molecule has 1 saturated heterocycles. The molecule has 98 valence electrons. The third-order valence-corrected chi connectivity index (χ3v) is 2.81. The van der Waals surface area contributed by atoms with E-state index in [1.807, 2.05) is 6.92 Å². The van der Waals surface area contributed by atoms with Crippen LogP contribution >= 0.6 is 0 Å². The highest BCUT2D eigenvalue weighted by atomic mass is 16.5. The Morgan fingerprint density at radius 1 is 1.41 bits per heavy atom. The van der Waals surface area contributed by atoms with Crippen LogP contribution < -0.4 is 5.32 Å². The van der Waals surface area contributed by atoms with Gasteiger partial charge in [0, 0.05) is 39.1 Å². The zero-order valence-corrected chi connectivity index (χ0v) is 10.0. The Morgan fingerprint density at radius 3 is 2.59 bits per heavy atom. The minimum atomic E-state index is -1.17. The summed E-state index contributed by atoms with van der Waals surface area (Å²) in [6.07, 6.45) is 0.801. The molecule has 0 aromatic rings. The second-order valence-electron chi connectivity index (χ2n) is 3.99. The SMILES string of the molecule is CCOCCC(=O)NC1(C(=O)O)CCOCC1. The number of nitrogens with one attached hydrogen (secondary N) is 1. The first kappa shape index (κ1) is 13.9. The number of aliphatic carboxylic acids is 1. The quantitative estimate of drug-likeness (QED) is 0.651. The van der Waals surface area contributed by atoms with Crippen LogP contribution in [0.4, 0.5) is 0 Å². The molecule has 0 unspecified atom stereocenters. The van der Waals surface area contributed by atoms with Gasteiger partial charge in [0.05, 0.1) is 6.61 Å². The molecule has 0 saturated carbocycles. The maximum atomic E-state index is 11.6. The molecule has 0 spiro atoms. The van der Waals surface area contributed by atoms with Crippen molar-refractivity contribution in [3.63, 3.8) is 0 Å². The first-order valence-electron chi connectivity index (χ1n) is 5.80. The summed E-state index contributed by atoms with van der Waals surface area (Å²) in [5, 5.41) is 11.8. The molecule has 1 fully saturated rings. The van der Waals surface area contributed by atoms with Gasteiger partial charge in [0.1, 0.15) is 5.54 Å². The summed E-state index contributed by atoms with van der Waals surface area (Å²) in [5.41, 5.74) is -1.17. The Kier molecular flexibility index (Phi) is 5.37. The number of carboxylic acid groups (broad SMARTS) is 1. The molecule has 0 aliphatic carbocycles. The van der Waals surface area contributed by atoms with Gasteiger partial charge in [-0.3, -0.25) is 4.79 Å². The van der Waals surface area contributed by atoms with Crippen molar-refractivity contribution in [2.75, 3.05) is 26.4 Å². The molecule has 0 aromatic carbocycles. The standard InChI is InChI=1S/C11H19NO5/c1-2-16-6-3-9(13)12-11(10(14)15)4-7-17-8-5-11/h2-8H2,1H3,(H,12,13)(H,14,15). The van der Waals surface area contributed by atoms with Crippen molar-refractivity contribution in [2.45, 2.75) is 31.7 Å². The first-order chi connectivity index (χ1) is 8.10. The van der Waals surface area contributed by atoms with Crippen LogP contribution in [0.1, 0.15) is 26.2 Å². The summed E-state index contributed by atoms with van der Waals surface area (Å²) < 4.78 is 10.2. The van der Waals surface area contributed by atoms with Gasteiger partial charge in [0.15, 0.2) is 0 Å². The lowest BCUT2D eigenvalue weighted by molar-refractivity contribution is -0.152. The highest BCUT2D eigenvalue weighted by molar-refractivity contribution is 5.87. The van der Waals surface area contributed by atoms with Crippen LogP contribution in [0, 0.1) is 0 Å². The minimum absolute atomic E-state index is 0.184. The number of hydrogen-bond donors (Lipinski definition) is 2. The summed E-state index contributed by atoms with van der Waals surface area (Å²) in [4.78, 5) is 22.8. The van der Waals surface area contributed by atoms with Crippen molar-refractivity contribution in [2.24, 2.45) is 0 Å². The Morgan fingerprint density at radius 2 is 2.06 bits per heavy atom. The summed E-state index contributed by atoms with van der Waals surface area (Å²) in [5.74, 6) is -1.28. The van der Waals surface area contributed by atoms with Gasteiger partial charge in [0.2, 0.25) is 5.91 Å². The molecule has 0 bridgehead atoms. The molecule has 2 N–H and O–H groups in total. The molecule has 1 rings (SSSR count). The summed E-state index contributed by atoms with van der Waals surface area (Å²) in [6, 6.07) is 0. The van der Waals surface area contributed by atoms with E-state index in [9.17, 15) is 14.7 Å². The Bertz CT molecular complexity index is 273. The molecule has 6 nitrogen and oxygen atoms in total. The third kappa shape index (κ3) is 3.98. The van der Waals surface area contributed by atoms with Gasteiger partial charge in [-0.2, -0.15) is 0 Å². The second kappa shape index (κ2) is 6.56. The van der Waals surface area contributed by atoms with E-state index >= 15 is 0 Å². The Balaban J connectivity index is 2.48. The normalized spacial score (nSPS) is 18.6. The van der Waals surface area contributed by atoms with Crippen molar-refractivity contribution in [1.82, 2.24) is 5.32 Å². The zero-order valence-electron chi connectivity index (χ0n) is 10.0. The number of amides is 1. The van der Waals surface area contributed by atoms with E-state index in [0.29, 0.717) is 39.3 Å². The number of carbonyl (C=O) groups excluding carboxylic acids is 1. The maximum Gasteiger partial charge on any atom is 0.329 e. The molecule has 1 amide bonds. The number of carbonyl (C=O) groups is 2. The van der Waals surface area contributed by atoms with E-state index in [0.717, 1.165) is 0 Å². The number of rotatable bonds is 6. The van der Waals surface area contributed by atoms with Crippen LogP contribution in [0.25, 0.3) is 0 Å². The topological polar surface area (TPSA) is 84.9 Å². The Hall–Kier alpha value is -1.14. The van der Waals surface area contributed by atoms with Gasteiger partial charge in [-0.1, -0.05) is 0 Å². The van der Waals surface area contributed by atoms with Crippen molar-refractivity contribution in [3.8, 4) is 0 Å². The molecule has 0 atom stereocenters. The molecule has 17 heavy (non-hydrogen) atoms. The van der Waals surface area contributed by atoms with Crippen LogP contribution in [0.15, 0.2) is 0 Å². The predicted octanol–water partition coefficient (Wildman–Crippen LogP) is 0.163. The lowest BCUT2D eigenvalue weighted by Gasteiger charge is -2.33. The van der Waals surface area contributed by atoms with E-state index in [1.54, 1.807) is 0 Å². The number of hydrogen-bond acceptors (Lipinski definition) is 4. The van der Waals surface area contributed by atoms with Gasteiger partial charge < -0.3 is 19.9 Å². The summed E-state index contributed by atoms with van der Waals surface area (Å²) >= 11 is 0. The second-order valence-corrected chi connectivity index (χ2v) is 3.99. The molecule has 0 radical (unpaired) electrons. The van der Waals surface area contributed by atoms with Gasteiger partial charge in [0.25, 0.3) is 0 Å². The molecule has 1 aliphatic heterocycles. The zero-order chi connectivity index (χ0) is 12.7. The third-order valence-electron chi connectivity index (χ3n) is 2.81. The van der Waals surface area contributed by atoms with Gasteiger partial charge in [-0.15, -0.1) is 0 Å². The minimum Gasteiger partial charge on any atom is -0.480 e. The fourth-order valence-corrected chi connectivity index (χ4v) is 1.75. The average molecular weight is 245 g/mol. The van der Waals surface area contributed by atoms with E-state index in [-0.39, 0.29) is 12.3 Å². The van der Waals surface area contributed by atoms with Crippen molar-refractivity contribution < 1.29 is 24.2 Å². The van der Waals surface area contributed by atoms with E-state index < -0.39 is 11.5 Å². The molecule has 1 aliphatic rings. The fraction of sp³-hybridized carbons (Fsp3) is 0.818. The van der Waals surface area contributed by atoms with Crippen LogP contribution in [0.2, 0.25) is 0 Å². The van der Waals surface area contributed by atoms with E-state index in [4.69, 9.17) is 9.47 Å². The van der Waals surface area contributed by atoms with Gasteiger partial charge in [-0.25, -0.2) is 4.79 Å². The molecular weight excluding hydrogens is 226 g/mol. The van der Waals surface area contributed by atoms with Crippen LogP contribution in [0.3, 0.4) is 0 Å². The van der Waals surface area contributed by atoms with E-state index in [1.165, 1.54) is 0 Å². The van der Waals surface area contributed by atoms with Gasteiger partial charge in [-0.05, 0) is 6.92 Å². The lowest BCUT2D eigenvalue weighted by Crippen LogP contribution is -2.57. The lowest BCUT2D eigenvalue weighted by atomic mass is 9.90. The molecule has 1 heterocycles. The van der Waals surface area contributed by atoms with Gasteiger partial charge >= 0.3 is 5.97 Å². The summed E-state index contributed by atoms with van der Waals surface area (Å²) in [7, 11) is 0. The smallest absolute Gasteiger partial charge is 0.329 e. The molecule has 0 aromatic heterocycles. The van der Waals surface area contributed by atoms with Crippen molar-refractivity contribution in [3.05, 3.63) is 0 Å². The Labute approximate surface area is 100 Å². The first-order valence-corrected chi connectivity index (χ1v) is 5.80. The number of carboxylic acids is 1. The fourth-order valence-electron chi connectivity index (χ4n) is 1.75. The largest absolute Gasteiger partial charge is 0.480 e. The van der Waals surface area contributed by atoms with Crippen LogP contribution in [-0.2, 0) is 19.1 Å². The predicted molar refractivity (Wildman–Crippen MR) is 59.7 cm³/mol. The average Bonchev–Trinajstić information content (AvgIpc) is 2.30.